The van der Waals surface area contributed by atoms with Crippen LogP contribution in [0.5, 0.6) is 5.75 Å². The van der Waals surface area contributed by atoms with Crippen molar-refractivity contribution in [2.24, 2.45) is 0 Å². The summed E-state index contributed by atoms with van der Waals surface area (Å²) in [6.07, 6.45) is 1.32. The molecule has 3 rings (SSSR count). The molecule has 1 unspecified atom stereocenters. The molecule has 1 amide bonds. The molecule has 0 radical (unpaired) electrons. The van der Waals surface area contributed by atoms with E-state index in [1.54, 1.807) is 0 Å². The number of amides is 1. The van der Waals surface area contributed by atoms with Gasteiger partial charge in [-0.2, -0.15) is 0 Å². The topological polar surface area (TPSA) is 32.8 Å². The normalized spacial score (nSPS) is 16.7. The van der Waals surface area contributed by atoms with E-state index in [0.29, 0.717) is 6.42 Å². The summed E-state index contributed by atoms with van der Waals surface area (Å²) in [4.78, 5) is 17.5. The third kappa shape index (κ3) is 4.51. The third-order valence-corrected chi connectivity index (χ3v) is 5.34. The molecule has 2 aromatic rings. The molecular weight excluding hydrogens is 336 g/mol. The lowest BCUT2D eigenvalue weighted by molar-refractivity contribution is -0.139. The lowest BCUT2D eigenvalue weighted by Crippen LogP contribution is -2.45. The highest BCUT2D eigenvalue weighted by Crippen LogP contribution is 2.30. The molecule has 0 bridgehead atoms. The van der Waals surface area contributed by atoms with Crippen molar-refractivity contribution >= 4 is 5.91 Å². The maximum atomic E-state index is 13.2. The predicted molar refractivity (Wildman–Crippen MR) is 109 cm³/mol. The van der Waals surface area contributed by atoms with Crippen LogP contribution in [0.2, 0.25) is 0 Å². The van der Waals surface area contributed by atoms with Crippen LogP contribution in [0.15, 0.2) is 54.6 Å². The molecule has 1 aliphatic rings. The molecule has 144 valence electrons. The quantitative estimate of drug-likeness (QED) is 0.710. The second-order valence-corrected chi connectivity index (χ2v) is 7.19. The van der Waals surface area contributed by atoms with Crippen molar-refractivity contribution in [2.45, 2.75) is 38.8 Å². The second-order valence-electron chi connectivity index (χ2n) is 7.19. The molecule has 4 heteroatoms. The summed E-state index contributed by atoms with van der Waals surface area (Å²) >= 11 is 0. The smallest absolute Gasteiger partial charge is 0.264 e. The first-order valence-corrected chi connectivity index (χ1v) is 9.92. The summed E-state index contributed by atoms with van der Waals surface area (Å²) in [7, 11) is 1.91. The van der Waals surface area contributed by atoms with E-state index in [1.165, 1.54) is 5.56 Å². The van der Waals surface area contributed by atoms with E-state index in [2.05, 4.69) is 30.9 Å². The van der Waals surface area contributed by atoms with E-state index in [4.69, 9.17) is 4.74 Å². The van der Waals surface area contributed by atoms with Gasteiger partial charge in [-0.1, -0.05) is 62.4 Å². The van der Waals surface area contributed by atoms with Gasteiger partial charge in [-0.3, -0.25) is 4.79 Å². The molecule has 2 atom stereocenters. The van der Waals surface area contributed by atoms with Crippen molar-refractivity contribution in [3.8, 4) is 5.75 Å². The number of carbonyl (C=O) groups is 1. The number of likely N-dealkylation sites (N-methyl/N-ethyl adjacent to an activating group) is 2. The first-order chi connectivity index (χ1) is 13.1. The Bertz CT molecular complexity index is 722. The van der Waals surface area contributed by atoms with Gasteiger partial charge in [-0.25, -0.2) is 0 Å². The van der Waals surface area contributed by atoms with Crippen LogP contribution in [-0.4, -0.2) is 48.5 Å². The van der Waals surface area contributed by atoms with Gasteiger partial charge in [0.1, 0.15) is 5.75 Å². The number of ether oxygens (including phenoxy) is 1. The number of carbonyl (C=O) groups excluding carboxylic acids is 1. The lowest BCUT2D eigenvalue weighted by atomic mass is 10.0. The lowest BCUT2D eigenvalue weighted by Gasteiger charge is -2.34. The van der Waals surface area contributed by atoms with Gasteiger partial charge in [0.05, 0.1) is 6.04 Å². The molecule has 0 aliphatic carbocycles. The zero-order valence-electron chi connectivity index (χ0n) is 16.6. The molecule has 0 saturated carbocycles. The Morgan fingerprint density at radius 1 is 1.11 bits per heavy atom. The standard InChI is InChI=1S/C23H30N2O2/c1-4-15-25(5-2)17-20(18-11-7-6-8-12-18)24(3)23(26)22-16-19-13-9-10-14-21(19)27-22/h6-14,20,22H,4-5,15-17H2,1-3H3/t20?,22-/m0/s1. The second kappa shape index (κ2) is 9.05. The first kappa shape index (κ1) is 19.4. The van der Waals surface area contributed by atoms with E-state index in [9.17, 15) is 4.79 Å². The van der Waals surface area contributed by atoms with Gasteiger partial charge in [-0.05, 0) is 36.7 Å². The number of rotatable bonds is 8. The molecule has 0 fully saturated rings. The Kier molecular flexibility index (Phi) is 6.51. The van der Waals surface area contributed by atoms with E-state index < -0.39 is 6.10 Å². The monoisotopic (exact) mass is 366 g/mol. The van der Waals surface area contributed by atoms with Crippen LogP contribution in [-0.2, 0) is 11.2 Å². The fraction of sp³-hybridized carbons (Fsp3) is 0.435. The summed E-state index contributed by atoms with van der Waals surface area (Å²) in [5.41, 5.74) is 2.28. The van der Waals surface area contributed by atoms with Gasteiger partial charge in [0.25, 0.3) is 5.91 Å². The number of benzene rings is 2. The van der Waals surface area contributed by atoms with Gasteiger partial charge in [-0.15, -0.1) is 0 Å². The molecule has 4 nitrogen and oxygen atoms in total. The molecular formula is C23H30N2O2. The Morgan fingerprint density at radius 2 is 1.81 bits per heavy atom. The summed E-state index contributed by atoms with van der Waals surface area (Å²) in [6, 6.07) is 18.3. The van der Waals surface area contributed by atoms with E-state index >= 15 is 0 Å². The Morgan fingerprint density at radius 3 is 2.48 bits per heavy atom. The van der Waals surface area contributed by atoms with Crippen molar-refractivity contribution in [3.05, 3.63) is 65.7 Å². The fourth-order valence-corrected chi connectivity index (χ4v) is 3.77. The zero-order chi connectivity index (χ0) is 19.2. The highest BCUT2D eigenvalue weighted by molar-refractivity contribution is 5.83. The van der Waals surface area contributed by atoms with Gasteiger partial charge in [0.2, 0.25) is 0 Å². The Hall–Kier alpha value is -2.33. The molecule has 2 aromatic carbocycles. The maximum absolute atomic E-state index is 13.2. The third-order valence-electron chi connectivity index (χ3n) is 5.34. The summed E-state index contributed by atoms with van der Waals surface area (Å²) in [5.74, 6) is 0.884. The van der Waals surface area contributed by atoms with Crippen LogP contribution in [0.1, 0.15) is 37.4 Å². The number of nitrogens with zero attached hydrogens (tertiary/aromatic N) is 2. The van der Waals surface area contributed by atoms with Gasteiger partial charge in [0, 0.05) is 20.0 Å². The molecule has 0 N–H and O–H groups in total. The first-order valence-electron chi connectivity index (χ1n) is 9.92. The Balaban J connectivity index is 1.78. The van der Waals surface area contributed by atoms with Gasteiger partial charge >= 0.3 is 0 Å². The average molecular weight is 367 g/mol. The highest BCUT2D eigenvalue weighted by Gasteiger charge is 2.34. The minimum atomic E-state index is -0.431. The number of para-hydroxylation sites is 1. The van der Waals surface area contributed by atoms with Crippen molar-refractivity contribution in [1.29, 1.82) is 0 Å². The van der Waals surface area contributed by atoms with Crippen LogP contribution < -0.4 is 4.74 Å². The summed E-state index contributed by atoms with van der Waals surface area (Å²) < 4.78 is 5.95. The van der Waals surface area contributed by atoms with Gasteiger partial charge < -0.3 is 14.5 Å². The molecule has 1 aliphatic heterocycles. The fourth-order valence-electron chi connectivity index (χ4n) is 3.77. The molecule has 0 spiro atoms. The van der Waals surface area contributed by atoms with Crippen LogP contribution in [0.3, 0.4) is 0 Å². The molecule has 27 heavy (non-hydrogen) atoms. The zero-order valence-corrected chi connectivity index (χ0v) is 16.6. The average Bonchev–Trinajstić information content (AvgIpc) is 3.15. The highest BCUT2D eigenvalue weighted by atomic mass is 16.5. The molecule has 0 aromatic heterocycles. The predicted octanol–water partition coefficient (Wildman–Crippen LogP) is 3.92. The van der Waals surface area contributed by atoms with Crippen molar-refractivity contribution < 1.29 is 9.53 Å². The number of hydrogen-bond acceptors (Lipinski definition) is 3. The van der Waals surface area contributed by atoms with E-state index in [0.717, 1.165) is 37.4 Å². The van der Waals surface area contributed by atoms with E-state index in [-0.39, 0.29) is 11.9 Å². The van der Waals surface area contributed by atoms with Crippen molar-refractivity contribution in [2.75, 3.05) is 26.7 Å². The summed E-state index contributed by atoms with van der Waals surface area (Å²) in [6.45, 7) is 7.21. The van der Waals surface area contributed by atoms with Crippen LogP contribution in [0, 0.1) is 0 Å². The number of fused-ring (bicyclic) bond motifs is 1. The minimum Gasteiger partial charge on any atom is -0.480 e. The maximum Gasteiger partial charge on any atom is 0.264 e. The van der Waals surface area contributed by atoms with Gasteiger partial charge in [0.15, 0.2) is 6.10 Å². The Labute approximate surface area is 162 Å². The van der Waals surface area contributed by atoms with Crippen LogP contribution in [0.25, 0.3) is 0 Å². The molecule has 0 saturated heterocycles. The number of hydrogen-bond donors (Lipinski definition) is 0. The summed E-state index contributed by atoms with van der Waals surface area (Å²) in [5, 5.41) is 0. The van der Waals surface area contributed by atoms with E-state index in [1.807, 2.05) is 54.4 Å². The van der Waals surface area contributed by atoms with Crippen LogP contribution in [0.4, 0.5) is 0 Å². The van der Waals surface area contributed by atoms with Crippen LogP contribution >= 0.6 is 0 Å². The van der Waals surface area contributed by atoms with Crippen molar-refractivity contribution in [1.82, 2.24) is 9.80 Å². The SMILES string of the molecule is CCCN(CC)CC(c1ccccc1)N(C)C(=O)[C@@H]1Cc2ccccc2O1. The van der Waals surface area contributed by atoms with Crippen molar-refractivity contribution in [3.63, 3.8) is 0 Å². The minimum absolute atomic E-state index is 0.0116. The molecule has 1 heterocycles. The largest absolute Gasteiger partial charge is 0.480 e.